The summed E-state index contributed by atoms with van der Waals surface area (Å²) in [5.74, 6) is 0.238. The number of carbonyl (C=O) groups is 1. The van der Waals surface area contributed by atoms with E-state index in [1.165, 1.54) is 17.0 Å². The molecule has 0 N–H and O–H groups in total. The molecule has 1 saturated heterocycles. The molecule has 22 heavy (non-hydrogen) atoms. The van der Waals surface area contributed by atoms with Gasteiger partial charge in [-0.1, -0.05) is 30.3 Å². The lowest BCUT2D eigenvalue weighted by Crippen LogP contribution is -2.52. The topological polar surface area (TPSA) is 23.6 Å². The fourth-order valence-corrected chi connectivity index (χ4v) is 3.03. The van der Waals surface area contributed by atoms with E-state index in [0.29, 0.717) is 13.1 Å². The molecule has 120 valence electrons. The Hall–Kier alpha value is -1.56. The molecule has 3 rings (SSSR count). The summed E-state index contributed by atoms with van der Waals surface area (Å²) in [6, 6.07) is 6.40. The van der Waals surface area contributed by atoms with Crippen LogP contribution in [0.2, 0.25) is 0 Å². The maximum Gasteiger partial charge on any atom is 0.408 e. The fourth-order valence-electron chi connectivity index (χ4n) is 3.03. The van der Waals surface area contributed by atoms with Crippen molar-refractivity contribution in [3.05, 3.63) is 35.9 Å². The van der Waals surface area contributed by atoms with E-state index in [9.17, 15) is 18.0 Å². The van der Waals surface area contributed by atoms with Crippen molar-refractivity contribution in [2.24, 2.45) is 5.92 Å². The van der Waals surface area contributed by atoms with Crippen LogP contribution in [0, 0.1) is 5.92 Å². The van der Waals surface area contributed by atoms with Crippen molar-refractivity contribution in [2.45, 2.75) is 25.1 Å². The van der Waals surface area contributed by atoms with E-state index >= 15 is 0 Å². The third-order valence-corrected chi connectivity index (χ3v) is 4.34. The first-order valence-electron chi connectivity index (χ1n) is 7.61. The summed E-state index contributed by atoms with van der Waals surface area (Å²) < 4.78 is 40.4. The first kappa shape index (κ1) is 15.3. The summed E-state index contributed by atoms with van der Waals surface area (Å²) in [4.78, 5) is 15.1. The third kappa shape index (κ3) is 3.27. The highest BCUT2D eigenvalue weighted by molar-refractivity contribution is 5.81. The number of amides is 1. The number of alkyl halides is 3. The number of carbonyl (C=O) groups excluding carboxylic acids is 1. The van der Waals surface area contributed by atoms with Crippen LogP contribution in [-0.2, 0) is 4.79 Å². The van der Waals surface area contributed by atoms with Crippen molar-refractivity contribution in [1.82, 2.24) is 9.80 Å². The van der Waals surface area contributed by atoms with Crippen LogP contribution >= 0.6 is 0 Å². The Morgan fingerprint density at radius 2 is 1.64 bits per heavy atom. The van der Waals surface area contributed by atoms with Crippen molar-refractivity contribution in [3.8, 4) is 0 Å². The number of nitrogens with zero attached hydrogens (tertiary/aromatic N) is 2. The average molecular weight is 312 g/mol. The zero-order chi connectivity index (χ0) is 15.7. The lowest BCUT2D eigenvalue weighted by atomic mass is 10.0. The normalized spacial score (nSPS) is 21.7. The molecule has 0 spiro atoms. The van der Waals surface area contributed by atoms with Gasteiger partial charge < -0.3 is 4.90 Å². The van der Waals surface area contributed by atoms with Gasteiger partial charge in [0.25, 0.3) is 0 Å². The largest absolute Gasteiger partial charge is 0.408 e. The predicted molar refractivity (Wildman–Crippen MR) is 76.1 cm³/mol. The zero-order valence-corrected chi connectivity index (χ0v) is 12.2. The number of hydrogen-bond acceptors (Lipinski definition) is 2. The first-order chi connectivity index (χ1) is 10.5. The van der Waals surface area contributed by atoms with Crippen LogP contribution < -0.4 is 0 Å². The van der Waals surface area contributed by atoms with Gasteiger partial charge in [0, 0.05) is 32.1 Å². The Bertz CT molecular complexity index is 520. The van der Waals surface area contributed by atoms with Gasteiger partial charge in [0.1, 0.15) is 6.04 Å². The highest BCUT2D eigenvalue weighted by Gasteiger charge is 2.46. The Labute approximate surface area is 127 Å². The van der Waals surface area contributed by atoms with Crippen molar-refractivity contribution in [1.29, 1.82) is 0 Å². The molecular weight excluding hydrogens is 293 g/mol. The molecule has 1 atom stereocenters. The molecule has 1 aromatic rings. The smallest absolute Gasteiger partial charge is 0.340 e. The molecule has 2 fully saturated rings. The van der Waals surface area contributed by atoms with Crippen molar-refractivity contribution >= 4 is 5.91 Å². The minimum Gasteiger partial charge on any atom is -0.340 e. The van der Waals surface area contributed by atoms with Gasteiger partial charge in [-0.3, -0.25) is 9.69 Å². The van der Waals surface area contributed by atoms with Crippen molar-refractivity contribution < 1.29 is 18.0 Å². The summed E-state index contributed by atoms with van der Waals surface area (Å²) in [6.07, 6.45) is -2.47. The van der Waals surface area contributed by atoms with E-state index in [-0.39, 0.29) is 30.5 Å². The van der Waals surface area contributed by atoms with Crippen LogP contribution in [0.5, 0.6) is 0 Å². The van der Waals surface area contributed by atoms with Crippen molar-refractivity contribution in [3.63, 3.8) is 0 Å². The molecule has 1 amide bonds. The zero-order valence-electron chi connectivity index (χ0n) is 12.2. The van der Waals surface area contributed by atoms with Crippen LogP contribution in [0.15, 0.2) is 30.3 Å². The second-order valence-corrected chi connectivity index (χ2v) is 5.99. The Kier molecular flexibility index (Phi) is 4.12. The van der Waals surface area contributed by atoms with Gasteiger partial charge >= 0.3 is 6.18 Å². The second-order valence-electron chi connectivity index (χ2n) is 5.99. The highest BCUT2D eigenvalue weighted by Crippen LogP contribution is 2.38. The maximum atomic E-state index is 13.5. The monoisotopic (exact) mass is 312 g/mol. The SMILES string of the molecule is O=C(C1CC1)N1CCN(C(c2ccccc2)C(F)(F)F)CC1. The van der Waals surface area contributed by atoms with Crippen molar-refractivity contribution in [2.75, 3.05) is 26.2 Å². The van der Waals surface area contributed by atoms with E-state index in [0.717, 1.165) is 12.8 Å². The Morgan fingerprint density at radius 1 is 1.05 bits per heavy atom. The molecule has 1 heterocycles. The van der Waals surface area contributed by atoms with Crippen LogP contribution in [0.25, 0.3) is 0 Å². The van der Waals surface area contributed by atoms with Gasteiger partial charge in [-0.15, -0.1) is 0 Å². The van der Waals surface area contributed by atoms with Gasteiger partial charge in [0.15, 0.2) is 0 Å². The highest BCUT2D eigenvalue weighted by atomic mass is 19.4. The van der Waals surface area contributed by atoms with Gasteiger partial charge in [-0.25, -0.2) is 0 Å². The van der Waals surface area contributed by atoms with Crippen LogP contribution in [-0.4, -0.2) is 48.1 Å². The minimum absolute atomic E-state index is 0.114. The maximum absolute atomic E-state index is 13.5. The van der Waals surface area contributed by atoms with E-state index in [4.69, 9.17) is 0 Å². The van der Waals surface area contributed by atoms with Gasteiger partial charge in [-0.2, -0.15) is 13.2 Å². The first-order valence-corrected chi connectivity index (χ1v) is 7.61. The number of benzene rings is 1. The van der Waals surface area contributed by atoms with E-state index in [2.05, 4.69) is 0 Å². The molecular formula is C16H19F3N2O. The Morgan fingerprint density at radius 3 is 2.14 bits per heavy atom. The van der Waals surface area contributed by atoms with Gasteiger partial charge in [-0.05, 0) is 18.4 Å². The van der Waals surface area contributed by atoms with Crippen LogP contribution in [0.1, 0.15) is 24.4 Å². The molecule has 6 heteroatoms. The molecule has 1 aliphatic heterocycles. The van der Waals surface area contributed by atoms with Gasteiger partial charge in [0.2, 0.25) is 5.91 Å². The Balaban J connectivity index is 1.70. The van der Waals surface area contributed by atoms with Crippen LogP contribution in [0.4, 0.5) is 13.2 Å². The lowest BCUT2D eigenvalue weighted by molar-refractivity contribution is -0.190. The van der Waals surface area contributed by atoms with Gasteiger partial charge in [0.05, 0.1) is 0 Å². The molecule has 1 aliphatic carbocycles. The molecule has 3 nitrogen and oxygen atoms in total. The summed E-state index contributed by atoms with van der Waals surface area (Å²) in [7, 11) is 0. The molecule has 2 aliphatic rings. The molecule has 1 saturated carbocycles. The standard InChI is InChI=1S/C16H19F3N2O/c17-16(18,19)14(12-4-2-1-3-5-12)20-8-10-21(11-9-20)15(22)13-6-7-13/h1-5,13-14H,6-11H2. The third-order valence-electron chi connectivity index (χ3n) is 4.34. The molecule has 1 aromatic carbocycles. The molecule has 0 radical (unpaired) electrons. The average Bonchev–Trinajstić information content (AvgIpc) is 3.32. The summed E-state index contributed by atoms with van der Waals surface area (Å²) in [5.41, 5.74) is 0.261. The summed E-state index contributed by atoms with van der Waals surface area (Å²) >= 11 is 0. The summed E-state index contributed by atoms with van der Waals surface area (Å²) in [6.45, 7) is 1.29. The number of piperazine rings is 1. The predicted octanol–water partition coefficient (Wildman–Crippen LogP) is 2.84. The molecule has 0 aromatic heterocycles. The van der Waals surface area contributed by atoms with E-state index in [1.54, 1.807) is 23.1 Å². The number of rotatable bonds is 3. The lowest BCUT2D eigenvalue weighted by Gasteiger charge is -2.40. The van der Waals surface area contributed by atoms with Crippen LogP contribution in [0.3, 0.4) is 0 Å². The number of halogens is 3. The fraction of sp³-hybridized carbons (Fsp3) is 0.562. The molecule has 0 bridgehead atoms. The van der Waals surface area contributed by atoms with E-state index < -0.39 is 12.2 Å². The molecule has 1 unspecified atom stereocenters. The number of hydrogen-bond donors (Lipinski definition) is 0. The van der Waals surface area contributed by atoms with E-state index in [1.807, 2.05) is 0 Å². The minimum atomic E-state index is -4.32. The quantitative estimate of drug-likeness (QED) is 0.857. The summed E-state index contributed by atoms with van der Waals surface area (Å²) in [5, 5.41) is 0. The second kappa shape index (κ2) is 5.91.